The monoisotopic (exact) mass is 415 g/mol. The highest BCUT2D eigenvalue weighted by atomic mass is 16.5. The number of methoxy groups -OCH3 is 1. The predicted molar refractivity (Wildman–Crippen MR) is 111 cm³/mol. The molecule has 0 radical (unpaired) electrons. The number of ether oxygens (including phenoxy) is 3. The number of nitrogens with one attached hydrogen (secondary N) is 1. The first-order valence-electron chi connectivity index (χ1n) is 11.3. The van der Waals surface area contributed by atoms with Crippen LogP contribution in [0.2, 0.25) is 0 Å². The maximum Gasteiger partial charge on any atom is 0.231 e. The molecule has 0 aromatic carbocycles. The molecule has 1 aromatic heterocycles. The summed E-state index contributed by atoms with van der Waals surface area (Å²) < 4.78 is 17.3. The Hall–Kier alpha value is -1.54. The molecule has 1 N–H and O–H groups in total. The Morgan fingerprint density at radius 3 is 3.17 bits per heavy atom. The summed E-state index contributed by atoms with van der Waals surface area (Å²) in [5, 5.41) is 3.79. The summed E-state index contributed by atoms with van der Waals surface area (Å²) in [6.07, 6.45) is 6.35. The van der Waals surface area contributed by atoms with E-state index in [0.29, 0.717) is 19.8 Å². The van der Waals surface area contributed by atoms with Gasteiger partial charge in [-0.2, -0.15) is 0 Å². The van der Waals surface area contributed by atoms with Crippen LogP contribution in [-0.2, 0) is 32.0 Å². The number of amides is 1. The maximum absolute atomic E-state index is 13.8. The van der Waals surface area contributed by atoms with Crippen LogP contribution in [0.25, 0.3) is 0 Å². The van der Waals surface area contributed by atoms with Crippen LogP contribution < -0.4 is 5.32 Å². The Kier molecular flexibility index (Phi) is 5.56. The van der Waals surface area contributed by atoms with Crippen molar-refractivity contribution in [1.82, 2.24) is 15.2 Å². The summed E-state index contributed by atoms with van der Waals surface area (Å²) in [5.74, 6) is 0.275. The average molecular weight is 416 g/mol. The topological polar surface area (TPSA) is 72.9 Å². The number of aromatic nitrogens is 1. The number of carbonyl (C=O) groups is 1. The molecule has 4 heterocycles. The second kappa shape index (κ2) is 8.19. The molecule has 7 heteroatoms. The van der Waals surface area contributed by atoms with E-state index in [2.05, 4.69) is 28.2 Å². The van der Waals surface area contributed by atoms with E-state index in [-0.39, 0.29) is 35.6 Å². The van der Waals surface area contributed by atoms with E-state index in [1.807, 2.05) is 6.20 Å². The Morgan fingerprint density at radius 2 is 2.30 bits per heavy atom. The highest BCUT2D eigenvalue weighted by Crippen LogP contribution is 2.49. The van der Waals surface area contributed by atoms with Crippen LogP contribution >= 0.6 is 0 Å². The van der Waals surface area contributed by atoms with E-state index in [4.69, 9.17) is 14.2 Å². The van der Waals surface area contributed by atoms with Crippen LogP contribution in [0.3, 0.4) is 0 Å². The van der Waals surface area contributed by atoms with Gasteiger partial charge in [0.05, 0.1) is 24.2 Å². The summed E-state index contributed by atoms with van der Waals surface area (Å²) in [7, 11) is 1.75. The van der Waals surface area contributed by atoms with Crippen molar-refractivity contribution in [1.29, 1.82) is 0 Å². The fraction of sp³-hybridized carbons (Fsp3) is 0.739. The summed E-state index contributed by atoms with van der Waals surface area (Å²) in [4.78, 5) is 20.4. The van der Waals surface area contributed by atoms with Crippen molar-refractivity contribution >= 4 is 5.91 Å². The Balaban J connectivity index is 1.30. The first-order chi connectivity index (χ1) is 14.6. The van der Waals surface area contributed by atoms with E-state index < -0.39 is 0 Å². The van der Waals surface area contributed by atoms with Gasteiger partial charge in [0.1, 0.15) is 0 Å². The molecule has 164 valence electrons. The summed E-state index contributed by atoms with van der Waals surface area (Å²) in [6, 6.07) is 2.73. The number of rotatable bonds is 4. The fourth-order valence-corrected chi connectivity index (χ4v) is 5.94. The van der Waals surface area contributed by atoms with E-state index in [9.17, 15) is 4.79 Å². The summed E-state index contributed by atoms with van der Waals surface area (Å²) >= 11 is 0. The molecule has 1 amide bonds. The Morgan fingerprint density at radius 1 is 1.40 bits per heavy atom. The van der Waals surface area contributed by atoms with E-state index in [0.717, 1.165) is 56.5 Å². The summed E-state index contributed by atoms with van der Waals surface area (Å²) in [5.41, 5.74) is 3.09. The van der Waals surface area contributed by atoms with Crippen LogP contribution in [0.15, 0.2) is 12.3 Å². The van der Waals surface area contributed by atoms with Crippen molar-refractivity contribution in [2.75, 3.05) is 33.5 Å². The smallest absolute Gasteiger partial charge is 0.231 e. The molecule has 1 saturated carbocycles. The molecule has 5 rings (SSSR count). The zero-order chi connectivity index (χ0) is 20.7. The van der Waals surface area contributed by atoms with Crippen molar-refractivity contribution in [3.05, 3.63) is 29.1 Å². The van der Waals surface area contributed by atoms with Crippen molar-refractivity contribution in [2.45, 2.75) is 69.9 Å². The number of hydrogen-bond donors (Lipinski definition) is 1. The molecular weight excluding hydrogens is 382 g/mol. The number of fused-ring (bicyclic) bond motifs is 2. The molecular formula is C23H33N3O4. The second-order valence-electron chi connectivity index (χ2n) is 9.41. The molecule has 5 atom stereocenters. The lowest BCUT2D eigenvalue weighted by Gasteiger charge is -2.37. The first kappa shape index (κ1) is 20.4. The number of nitrogens with zero attached hydrogens (tertiary/aromatic N) is 2. The predicted octanol–water partition coefficient (Wildman–Crippen LogP) is 1.61. The molecule has 0 unspecified atom stereocenters. The third kappa shape index (κ3) is 3.55. The van der Waals surface area contributed by atoms with Crippen LogP contribution in [0.5, 0.6) is 0 Å². The molecule has 0 spiro atoms. The molecule has 7 nitrogen and oxygen atoms in total. The minimum absolute atomic E-state index is 0.0142. The largest absolute Gasteiger partial charge is 0.379 e. The van der Waals surface area contributed by atoms with Gasteiger partial charge in [0.25, 0.3) is 0 Å². The van der Waals surface area contributed by atoms with Gasteiger partial charge >= 0.3 is 0 Å². The maximum atomic E-state index is 13.8. The van der Waals surface area contributed by atoms with Crippen LogP contribution in [0, 0.1) is 12.3 Å². The lowest BCUT2D eigenvalue weighted by molar-refractivity contribution is -0.145. The highest BCUT2D eigenvalue weighted by molar-refractivity contribution is 5.84. The van der Waals surface area contributed by atoms with Gasteiger partial charge in [-0.15, -0.1) is 0 Å². The van der Waals surface area contributed by atoms with Gasteiger partial charge in [-0.1, -0.05) is 6.07 Å². The lowest BCUT2D eigenvalue weighted by atomic mass is 9.80. The normalized spacial score (nSPS) is 35.9. The fourth-order valence-electron chi connectivity index (χ4n) is 5.94. The third-order valence-electron chi connectivity index (χ3n) is 7.54. The quantitative estimate of drug-likeness (QED) is 0.806. The van der Waals surface area contributed by atoms with E-state index >= 15 is 0 Å². The van der Waals surface area contributed by atoms with Gasteiger partial charge in [0.15, 0.2) is 0 Å². The third-order valence-corrected chi connectivity index (χ3v) is 7.54. The minimum Gasteiger partial charge on any atom is -0.379 e. The molecule has 0 bridgehead atoms. The molecule has 3 fully saturated rings. The van der Waals surface area contributed by atoms with Crippen LogP contribution in [0.1, 0.15) is 42.5 Å². The van der Waals surface area contributed by atoms with Gasteiger partial charge < -0.3 is 24.4 Å². The van der Waals surface area contributed by atoms with Gasteiger partial charge in [0, 0.05) is 63.8 Å². The zero-order valence-corrected chi connectivity index (χ0v) is 18.1. The molecule has 1 aromatic rings. The van der Waals surface area contributed by atoms with Gasteiger partial charge in [-0.05, 0) is 43.7 Å². The summed E-state index contributed by atoms with van der Waals surface area (Å²) in [6.45, 7) is 5.55. The van der Waals surface area contributed by atoms with Gasteiger partial charge in [0.2, 0.25) is 5.91 Å². The minimum atomic E-state index is -0.389. The SMILES string of the molecule is CO[C@@H]1COCC[C@@H]1N[C@@H]1C[C@H]2OCC[C@@]2(C(=O)N2CCc3ncc(C)cc3C2)C1. The Labute approximate surface area is 178 Å². The number of carbonyl (C=O) groups excluding carboxylic acids is 1. The van der Waals surface area contributed by atoms with Crippen molar-refractivity contribution in [3.63, 3.8) is 0 Å². The lowest BCUT2D eigenvalue weighted by Crippen LogP contribution is -2.51. The highest BCUT2D eigenvalue weighted by Gasteiger charge is 2.57. The number of hydrogen-bond acceptors (Lipinski definition) is 6. The molecule has 2 saturated heterocycles. The average Bonchev–Trinajstić information content (AvgIpc) is 3.31. The van der Waals surface area contributed by atoms with Crippen LogP contribution in [0.4, 0.5) is 0 Å². The molecule has 3 aliphatic heterocycles. The second-order valence-corrected chi connectivity index (χ2v) is 9.41. The number of aryl methyl sites for hydroxylation is 1. The van der Waals surface area contributed by atoms with Crippen molar-refractivity contribution in [2.24, 2.45) is 5.41 Å². The Bertz CT molecular complexity index is 803. The number of pyridine rings is 1. The van der Waals surface area contributed by atoms with Gasteiger partial charge in [-0.3, -0.25) is 9.78 Å². The van der Waals surface area contributed by atoms with Crippen molar-refractivity contribution < 1.29 is 19.0 Å². The zero-order valence-electron chi connectivity index (χ0n) is 18.1. The molecule has 30 heavy (non-hydrogen) atoms. The van der Waals surface area contributed by atoms with Gasteiger partial charge in [-0.25, -0.2) is 0 Å². The standard InChI is InChI=1S/C23H33N3O4/c1-15-9-16-13-26(6-3-18(16)24-12-15)22(27)23-5-8-30-21(23)10-17(11-23)25-19-4-7-29-14-20(19)28-2/h9,12,17,19-21,25H,3-8,10-11,13-14H2,1-2H3/t17-,19+,20-,21-,23-/m1/s1. The van der Waals surface area contributed by atoms with E-state index in [1.165, 1.54) is 5.56 Å². The van der Waals surface area contributed by atoms with E-state index in [1.54, 1.807) is 7.11 Å². The first-order valence-corrected chi connectivity index (χ1v) is 11.3. The molecule has 4 aliphatic rings. The van der Waals surface area contributed by atoms with Crippen LogP contribution in [-0.4, -0.2) is 73.6 Å². The molecule has 1 aliphatic carbocycles. The van der Waals surface area contributed by atoms with Crippen molar-refractivity contribution in [3.8, 4) is 0 Å².